The van der Waals surface area contributed by atoms with Gasteiger partial charge in [0, 0.05) is 28.9 Å². The van der Waals surface area contributed by atoms with E-state index in [1.54, 1.807) is 17.4 Å². The molecule has 0 unspecified atom stereocenters. The van der Waals surface area contributed by atoms with Gasteiger partial charge in [0.25, 0.3) is 5.91 Å². The second kappa shape index (κ2) is 7.76. The van der Waals surface area contributed by atoms with E-state index in [9.17, 15) is 4.79 Å². The Kier molecular flexibility index (Phi) is 4.80. The standard InChI is InChI=1S/C23H19N5OS/c1-15-8-10-16(11-9-15)14-30-23-26-22(29)20-18-6-2-3-7-19(18)25-21(28(20)27-23)17-5-4-12-24-13-17/h2-13,21H,14H2,1H3,(H,26,27,29)/t21-/m0/s1. The predicted molar refractivity (Wildman–Crippen MR) is 117 cm³/mol. The third-order valence-electron chi connectivity index (χ3n) is 4.99. The third kappa shape index (κ3) is 3.48. The van der Waals surface area contributed by atoms with E-state index in [1.807, 2.05) is 36.4 Å². The topological polar surface area (TPSA) is 70.0 Å². The van der Waals surface area contributed by atoms with Crippen LogP contribution in [0.15, 0.2) is 83.2 Å². The molecule has 30 heavy (non-hydrogen) atoms. The maximum absolute atomic E-state index is 13.1. The molecule has 0 fully saturated rings. The van der Waals surface area contributed by atoms with Gasteiger partial charge in [0.2, 0.25) is 0 Å². The zero-order chi connectivity index (χ0) is 20.5. The molecule has 2 aliphatic rings. The van der Waals surface area contributed by atoms with Gasteiger partial charge in [-0.2, -0.15) is 0 Å². The molecule has 0 radical (unpaired) electrons. The molecule has 0 bridgehead atoms. The molecule has 2 aromatic carbocycles. The maximum atomic E-state index is 13.1. The van der Waals surface area contributed by atoms with E-state index >= 15 is 0 Å². The molecule has 3 aromatic rings. The summed E-state index contributed by atoms with van der Waals surface area (Å²) in [5, 5.41) is 11.6. The molecule has 1 aromatic heterocycles. The van der Waals surface area contributed by atoms with Crippen LogP contribution in [0.2, 0.25) is 0 Å². The van der Waals surface area contributed by atoms with Crippen LogP contribution >= 0.6 is 11.8 Å². The fraction of sp³-hybridized carbons (Fsp3) is 0.130. The molecular weight excluding hydrogens is 394 g/mol. The van der Waals surface area contributed by atoms with E-state index in [0.717, 1.165) is 16.1 Å². The van der Waals surface area contributed by atoms with E-state index in [0.29, 0.717) is 16.6 Å². The summed E-state index contributed by atoms with van der Waals surface area (Å²) in [5.41, 5.74) is 3.79. The van der Waals surface area contributed by atoms with Gasteiger partial charge in [0.05, 0.1) is 5.36 Å². The molecule has 0 aliphatic carbocycles. The van der Waals surface area contributed by atoms with Gasteiger partial charge >= 0.3 is 0 Å². The van der Waals surface area contributed by atoms with Crippen molar-refractivity contribution in [2.45, 2.75) is 18.8 Å². The molecule has 1 N–H and O–H groups in total. The Labute approximate surface area is 178 Å². The molecule has 5 rings (SSSR count). The van der Waals surface area contributed by atoms with Crippen molar-refractivity contribution in [3.63, 3.8) is 0 Å². The van der Waals surface area contributed by atoms with E-state index in [4.69, 9.17) is 10.1 Å². The molecule has 1 amide bonds. The van der Waals surface area contributed by atoms with Gasteiger partial charge < -0.3 is 0 Å². The first-order valence-electron chi connectivity index (χ1n) is 9.64. The molecule has 2 aliphatic heterocycles. The second-order valence-corrected chi connectivity index (χ2v) is 8.10. The number of fused-ring (bicyclic) bond motifs is 2. The van der Waals surface area contributed by atoms with Crippen LogP contribution in [0, 0.1) is 6.92 Å². The van der Waals surface area contributed by atoms with E-state index < -0.39 is 6.17 Å². The zero-order valence-electron chi connectivity index (χ0n) is 16.3. The predicted octanol–water partition coefficient (Wildman–Crippen LogP) is 2.47. The summed E-state index contributed by atoms with van der Waals surface area (Å²) in [7, 11) is 0. The Morgan fingerprint density at radius 1 is 1.07 bits per heavy atom. The lowest BCUT2D eigenvalue weighted by molar-refractivity contribution is -0.116. The number of amides is 1. The van der Waals surface area contributed by atoms with Gasteiger partial charge in [0.15, 0.2) is 11.3 Å². The van der Waals surface area contributed by atoms with Crippen LogP contribution in [0.1, 0.15) is 22.9 Å². The highest BCUT2D eigenvalue weighted by Gasteiger charge is 2.34. The third-order valence-corrected chi connectivity index (χ3v) is 5.93. The Morgan fingerprint density at radius 3 is 2.70 bits per heavy atom. The molecular formula is C23H19N5OS. The number of thioether (sulfide) groups is 1. The van der Waals surface area contributed by atoms with Crippen molar-refractivity contribution in [1.82, 2.24) is 15.3 Å². The lowest BCUT2D eigenvalue weighted by Gasteiger charge is -2.33. The van der Waals surface area contributed by atoms with Crippen LogP contribution in [0.5, 0.6) is 0 Å². The van der Waals surface area contributed by atoms with E-state index in [-0.39, 0.29) is 5.91 Å². The van der Waals surface area contributed by atoms with Crippen LogP contribution in [-0.2, 0) is 10.5 Å². The number of aromatic nitrogens is 1. The normalized spacial score (nSPS) is 17.4. The first kappa shape index (κ1) is 18.6. The zero-order valence-corrected chi connectivity index (χ0v) is 17.1. The van der Waals surface area contributed by atoms with Gasteiger partial charge in [0.1, 0.15) is 5.70 Å². The maximum Gasteiger partial charge on any atom is 0.276 e. The highest BCUT2D eigenvalue weighted by molar-refractivity contribution is 8.13. The highest BCUT2D eigenvalue weighted by Crippen LogP contribution is 2.30. The number of nitrogens with zero attached hydrogens (tertiary/aromatic N) is 4. The van der Waals surface area contributed by atoms with E-state index in [1.165, 1.54) is 22.9 Å². The van der Waals surface area contributed by atoms with Crippen LogP contribution in [-0.4, -0.2) is 21.1 Å². The fourth-order valence-corrected chi connectivity index (χ4v) is 4.28. The lowest BCUT2D eigenvalue weighted by Crippen LogP contribution is -2.50. The van der Waals surface area contributed by atoms with Crippen molar-refractivity contribution in [3.05, 3.63) is 100 Å². The average Bonchev–Trinajstić information content (AvgIpc) is 2.78. The second-order valence-electron chi connectivity index (χ2n) is 7.13. The Bertz CT molecular complexity index is 1250. The summed E-state index contributed by atoms with van der Waals surface area (Å²) in [6, 6.07) is 19.8. The minimum Gasteiger partial charge on any atom is -0.298 e. The van der Waals surface area contributed by atoms with Gasteiger partial charge in [-0.3, -0.25) is 20.1 Å². The lowest BCUT2D eigenvalue weighted by atomic mass is 10.1. The number of para-hydroxylation sites is 1. The highest BCUT2D eigenvalue weighted by atomic mass is 32.2. The van der Waals surface area contributed by atoms with Gasteiger partial charge in [-0.05, 0) is 24.6 Å². The minimum atomic E-state index is -0.440. The first-order chi connectivity index (χ1) is 14.7. The molecule has 3 heterocycles. The Balaban J connectivity index is 1.54. The number of aryl methyl sites for hydroxylation is 1. The average molecular weight is 414 g/mol. The minimum absolute atomic E-state index is 0.173. The number of carbonyl (C=O) groups is 1. The summed E-state index contributed by atoms with van der Waals surface area (Å²) >= 11 is 1.50. The molecule has 0 spiro atoms. The van der Waals surface area contributed by atoms with Crippen molar-refractivity contribution < 1.29 is 4.79 Å². The molecule has 148 valence electrons. The summed E-state index contributed by atoms with van der Waals surface area (Å²) in [5.74, 6) is 0.543. The SMILES string of the molecule is Cc1ccc(CSC2=NN3C(=c4ccccc4=N[C@@H]3c3cccnc3)C(=O)N2)cc1. The number of hydrogen-bond donors (Lipinski definition) is 1. The smallest absolute Gasteiger partial charge is 0.276 e. The van der Waals surface area contributed by atoms with Crippen LogP contribution in [0.25, 0.3) is 5.70 Å². The number of benzene rings is 2. The quantitative estimate of drug-likeness (QED) is 0.716. The van der Waals surface area contributed by atoms with Gasteiger partial charge in [-0.15, -0.1) is 5.10 Å². The monoisotopic (exact) mass is 413 g/mol. The number of rotatable bonds is 3. The van der Waals surface area contributed by atoms with Crippen LogP contribution in [0.3, 0.4) is 0 Å². The summed E-state index contributed by atoms with van der Waals surface area (Å²) in [4.78, 5) is 22.2. The van der Waals surface area contributed by atoms with E-state index in [2.05, 4.69) is 41.5 Å². The number of carbonyl (C=O) groups excluding carboxylic acids is 1. The number of nitrogens with one attached hydrogen (secondary N) is 1. The van der Waals surface area contributed by atoms with Crippen molar-refractivity contribution in [2.75, 3.05) is 0 Å². The van der Waals surface area contributed by atoms with Crippen molar-refractivity contribution >= 4 is 28.5 Å². The largest absolute Gasteiger partial charge is 0.298 e. The Morgan fingerprint density at radius 2 is 1.90 bits per heavy atom. The number of hydrogen-bond acceptors (Lipinski definition) is 6. The first-order valence-corrected chi connectivity index (χ1v) is 10.6. The molecule has 0 saturated carbocycles. The van der Waals surface area contributed by atoms with Crippen molar-refractivity contribution in [3.8, 4) is 0 Å². The Hall–Kier alpha value is -3.45. The summed E-state index contributed by atoms with van der Waals surface area (Å²) in [6.07, 6.45) is 3.05. The van der Waals surface area contributed by atoms with Gasteiger partial charge in [-0.1, -0.05) is 65.9 Å². The summed E-state index contributed by atoms with van der Waals surface area (Å²) < 4.78 is 0. The van der Waals surface area contributed by atoms with Crippen molar-refractivity contribution in [1.29, 1.82) is 0 Å². The molecule has 0 saturated heterocycles. The van der Waals surface area contributed by atoms with Crippen molar-refractivity contribution in [2.24, 2.45) is 10.1 Å². The number of hydrazone groups is 1. The fourth-order valence-electron chi connectivity index (χ4n) is 3.47. The number of pyridine rings is 1. The number of amidine groups is 1. The summed E-state index contributed by atoms with van der Waals surface area (Å²) in [6.45, 7) is 2.07. The van der Waals surface area contributed by atoms with Gasteiger partial charge in [-0.25, -0.2) is 5.01 Å². The molecule has 1 atom stereocenters. The molecule has 7 heteroatoms. The van der Waals surface area contributed by atoms with Crippen LogP contribution in [0.4, 0.5) is 0 Å². The molecule has 6 nitrogen and oxygen atoms in total. The van der Waals surface area contributed by atoms with Crippen LogP contribution < -0.4 is 15.9 Å².